The fourth-order valence-electron chi connectivity index (χ4n) is 3.96. The molecule has 1 unspecified atom stereocenters. The standard InChI is InChI=1S/C25H27Cl2NO6S/c1-5-33-13-14-34-17-9-11-18(12-10-17)35(30,31)24-16(3)28-15(2)21(25(29)32-4)22(24)19-7-6-8-20(26)23(19)27/h6-12,22,28H,5,13-14H2,1-4H3. The molecule has 0 aromatic heterocycles. The van der Waals surface area contributed by atoms with Crippen molar-refractivity contribution in [3.8, 4) is 5.75 Å². The first-order valence-corrected chi connectivity index (χ1v) is 13.1. The van der Waals surface area contributed by atoms with Crippen molar-refractivity contribution >= 4 is 39.0 Å². The van der Waals surface area contributed by atoms with Crippen LogP contribution in [0.1, 0.15) is 32.3 Å². The molecule has 1 atom stereocenters. The molecule has 2 aromatic rings. The normalized spacial score (nSPS) is 16.2. The van der Waals surface area contributed by atoms with Crippen molar-refractivity contribution in [1.82, 2.24) is 5.32 Å². The molecule has 0 fully saturated rings. The molecule has 2 aromatic carbocycles. The van der Waals surface area contributed by atoms with Gasteiger partial charge in [0.25, 0.3) is 0 Å². The fourth-order valence-corrected chi connectivity index (χ4v) is 6.13. The van der Waals surface area contributed by atoms with E-state index in [1.807, 2.05) is 6.92 Å². The van der Waals surface area contributed by atoms with Crippen LogP contribution >= 0.6 is 23.2 Å². The van der Waals surface area contributed by atoms with E-state index in [2.05, 4.69) is 5.32 Å². The molecule has 1 aliphatic heterocycles. The SMILES string of the molecule is CCOCCOc1ccc(S(=O)(=O)C2=C(C)NC(C)=C(C(=O)OC)C2c2cccc(Cl)c2Cl)cc1. The Morgan fingerprint density at radius 3 is 2.34 bits per heavy atom. The van der Waals surface area contributed by atoms with E-state index in [0.29, 0.717) is 42.5 Å². The van der Waals surface area contributed by atoms with Crippen LogP contribution in [-0.4, -0.2) is 41.3 Å². The van der Waals surface area contributed by atoms with Gasteiger partial charge in [0.05, 0.1) is 45.1 Å². The van der Waals surface area contributed by atoms with Crippen LogP contribution in [0.4, 0.5) is 0 Å². The predicted octanol–water partition coefficient (Wildman–Crippen LogP) is 5.25. The molecule has 0 spiro atoms. The molecule has 0 bridgehead atoms. The van der Waals surface area contributed by atoms with E-state index >= 15 is 0 Å². The number of sulfone groups is 1. The highest BCUT2D eigenvalue weighted by Crippen LogP contribution is 2.46. The number of hydrogen-bond acceptors (Lipinski definition) is 7. The second kappa shape index (κ2) is 11.5. The highest BCUT2D eigenvalue weighted by molar-refractivity contribution is 7.95. The largest absolute Gasteiger partial charge is 0.491 e. The number of benzene rings is 2. The second-order valence-corrected chi connectivity index (χ2v) is 10.4. The van der Waals surface area contributed by atoms with Gasteiger partial charge in [-0.05, 0) is 56.7 Å². The van der Waals surface area contributed by atoms with Gasteiger partial charge in [0.1, 0.15) is 12.4 Å². The molecule has 1 N–H and O–H groups in total. The summed E-state index contributed by atoms with van der Waals surface area (Å²) in [5.74, 6) is -1.19. The first kappa shape index (κ1) is 27.1. The molecular weight excluding hydrogens is 513 g/mol. The maximum absolute atomic E-state index is 13.9. The van der Waals surface area contributed by atoms with E-state index in [0.717, 1.165) is 0 Å². The Balaban J connectivity index is 2.10. The van der Waals surface area contributed by atoms with Crippen molar-refractivity contribution in [1.29, 1.82) is 0 Å². The third-order valence-corrected chi connectivity index (χ3v) is 8.37. The average molecular weight is 540 g/mol. The predicted molar refractivity (Wildman–Crippen MR) is 135 cm³/mol. The maximum Gasteiger partial charge on any atom is 0.336 e. The number of dihydropyridines is 1. The summed E-state index contributed by atoms with van der Waals surface area (Å²) in [6, 6.07) is 11.0. The average Bonchev–Trinajstić information content (AvgIpc) is 2.83. The molecular formula is C25H27Cl2NO6S. The first-order chi connectivity index (χ1) is 16.6. The quantitative estimate of drug-likeness (QED) is 0.343. The minimum absolute atomic E-state index is 0.0160. The number of hydrogen-bond donors (Lipinski definition) is 1. The maximum atomic E-state index is 13.9. The number of nitrogens with one attached hydrogen (secondary N) is 1. The molecule has 0 amide bonds. The minimum Gasteiger partial charge on any atom is -0.491 e. The van der Waals surface area contributed by atoms with E-state index in [1.54, 1.807) is 44.2 Å². The lowest BCUT2D eigenvalue weighted by molar-refractivity contribution is -0.136. The Morgan fingerprint density at radius 1 is 1.03 bits per heavy atom. The first-order valence-electron chi connectivity index (χ1n) is 10.9. The summed E-state index contributed by atoms with van der Waals surface area (Å²) >= 11 is 12.8. The van der Waals surface area contributed by atoms with Gasteiger partial charge >= 0.3 is 5.97 Å². The van der Waals surface area contributed by atoms with Gasteiger partial charge in [0, 0.05) is 18.0 Å². The van der Waals surface area contributed by atoms with Crippen LogP contribution in [0.15, 0.2) is 69.2 Å². The summed E-state index contributed by atoms with van der Waals surface area (Å²) in [6.45, 7) is 6.57. The highest BCUT2D eigenvalue weighted by Gasteiger charge is 2.41. The number of methoxy groups -OCH3 is 1. The summed E-state index contributed by atoms with van der Waals surface area (Å²) in [7, 11) is -2.85. The number of carbonyl (C=O) groups excluding carboxylic acids is 1. The monoisotopic (exact) mass is 539 g/mol. The van der Waals surface area contributed by atoms with Crippen LogP contribution in [0.2, 0.25) is 10.0 Å². The summed E-state index contributed by atoms with van der Waals surface area (Å²) in [5.41, 5.74) is 1.35. The summed E-state index contributed by atoms with van der Waals surface area (Å²) in [6.07, 6.45) is 0. The lowest BCUT2D eigenvalue weighted by atomic mass is 9.86. The van der Waals surface area contributed by atoms with Crippen molar-refractivity contribution in [3.05, 3.63) is 79.9 Å². The number of esters is 1. The smallest absolute Gasteiger partial charge is 0.336 e. The van der Waals surface area contributed by atoms with Crippen molar-refractivity contribution < 1.29 is 27.4 Å². The zero-order valence-corrected chi connectivity index (χ0v) is 22.2. The zero-order valence-electron chi connectivity index (χ0n) is 19.9. The number of rotatable bonds is 9. The van der Waals surface area contributed by atoms with Gasteiger partial charge in [0.15, 0.2) is 0 Å². The fraction of sp³-hybridized carbons (Fsp3) is 0.320. The van der Waals surface area contributed by atoms with Crippen LogP contribution in [0.25, 0.3) is 0 Å². The third kappa shape index (κ3) is 5.67. The number of allylic oxidation sites excluding steroid dienone is 3. The van der Waals surface area contributed by atoms with Gasteiger partial charge in [-0.25, -0.2) is 13.2 Å². The van der Waals surface area contributed by atoms with Crippen molar-refractivity contribution in [2.45, 2.75) is 31.6 Å². The van der Waals surface area contributed by atoms with Gasteiger partial charge in [-0.1, -0.05) is 35.3 Å². The molecule has 0 saturated carbocycles. The summed E-state index contributed by atoms with van der Waals surface area (Å²) in [4.78, 5) is 12.8. The minimum atomic E-state index is -4.09. The van der Waals surface area contributed by atoms with Crippen molar-refractivity contribution in [3.63, 3.8) is 0 Å². The number of carbonyl (C=O) groups is 1. The number of halogens is 2. The van der Waals surface area contributed by atoms with E-state index in [4.69, 9.17) is 37.4 Å². The molecule has 10 heteroatoms. The van der Waals surface area contributed by atoms with E-state index < -0.39 is 21.7 Å². The molecule has 0 saturated heterocycles. The topological polar surface area (TPSA) is 90.9 Å². The van der Waals surface area contributed by atoms with Gasteiger partial charge < -0.3 is 19.5 Å². The van der Waals surface area contributed by atoms with Crippen LogP contribution in [-0.2, 0) is 24.1 Å². The molecule has 188 valence electrons. The third-order valence-electron chi connectivity index (χ3n) is 5.52. The molecule has 0 aliphatic carbocycles. The van der Waals surface area contributed by atoms with Gasteiger partial charge in [-0.3, -0.25) is 0 Å². The van der Waals surface area contributed by atoms with Crippen molar-refractivity contribution in [2.24, 2.45) is 0 Å². The molecule has 3 rings (SSSR count). The lowest BCUT2D eigenvalue weighted by Gasteiger charge is -2.31. The van der Waals surface area contributed by atoms with Gasteiger partial charge in [-0.15, -0.1) is 0 Å². The molecule has 7 nitrogen and oxygen atoms in total. The van der Waals surface area contributed by atoms with Gasteiger partial charge in [-0.2, -0.15) is 0 Å². The van der Waals surface area contributed by atoms with Gasteiger partial charge in [0.2, 0.25) is 9.84 Å². The zero-order chi connectivity index (χ0) is 25.8. The van der Waals surface area contributed by atoms with Crippen LogP contribution in [0.3, 0.4) is 0 Å². The Bertz CT molecular complexity index is 1270. The molecule has 0 radical (unpaired) electrons. The Hall–Kier alpha value is -2.52. The van der Waals surface area contributed by atoms with E-state index in [-0.39, 0.29) is 25.4 Å². The molecule has 1 heterocycles. The van der Waals surface area contributed by atoms with E-state index in [1.165, 1.54) is 19.2 Å². The van der Waals surface area contributed by atoms with Crippen molar-refractivity contribution in [2.75, 3.05) is 26.9 Å². The Morgan fingerprint density at radius 2 is 1.71 bits per heavy atom. The number of ether oxygens (including phenoxy) is 3. The Labute approximate surface area is 215 Å². The second-order valence-electron chi connectivity index (χ2n) is 7.74. The highest BCUT2D eigenvalue weighted by atomic mass is 35.5. The Kier molecular flexibility index (Phi) is 8.88. The van der Waals surface area contributed by atoms with Crippen LogP contribution < -0.4 is 10.1 Å². The molecule has 1 aliphatic rings. The summed E-state index contributed by atoms with van der Waals surface area (Å²) in [5, 5.41) is 3.42. The van der Waals surface area contributed by atoms with Crippen LogP contribution in [0, 0.1) is 0 Å². The van der Waals surface area contributed by atoms with Crippen LogP contribution in [0.5, 0.6) is 5.75 Å². The molecule has 35 heavy (non-hydrogen) atoms. The van der Waals surface area contributed by atoms with E-state index in [9.17, 15) is 13.2 Å². The summed E-state index contributed by atoms with van der Waals surface area (Å²) < 4.78 is 43.7. The lowest BCUT2D eigenvalue weighted by Crippen LogP contribution is -2.31.